The number of para-hydroxylation sites is 2. The first-order valence-corrected chi connectivity index (χ1v) is 12.2. The lowest BCUT2D eigenvalue weighted by Gasteiger charge is -2.25. The molecule has 4 aromatic rings. The second-order valence-electron chi connectivity index (χ2n) is 8.25. The monoisotopic (exact) mass is 487 g/mol. The van der Waals surface area contributed by atoms with E-state index in [1.807, 2.05) is 61.5 Å². The number of fused-ring (bicyclic) bond motifs is 2. The van der Waals surface area contributed by atoms with Gasteiger partial charge in [0, 0.05) is 27.7 Å². The Balaban J connectivity index is 1.79. The highest BCUT2D eigenvalue weighted by Gasteiger charge is 2.35. The van der Waals surface area contributed by atoms with Crippen LogP contribution in [0.5, 0.6) is 5.75 Å². The number of rotatable bonds is 5. The number of benzene rings is 2. The van der Waals surface area contributed by atoms with Gasteiger partial charge in [0.15, 0.2) is 4.80 Å². The molecule has 2 aromatic heterocycles. The summed E-state index contributed by atoms with van der Waals surface area (Å²) in [4.78, 5) is 35.5. The smallest absolute Gasteiger partial charge is 0.338 e. The fourth-order valence-electron chi connectivity index (χ4n) is 4.59. The van der Waals surface area contributed by atoms with Crippen LogP contribution >= 0.6 is 11.3 Å². The number of carbonyl (C=O) groups is 1. The maximum absolute atomic E-state index is 13.9. The van der Waals surface area contributed by atoms with E-state index >= 15 is 0 Å². The van der Waals surface area contributed by atoms with Crippen molar-refractivity contribution in [2.75, 3.05) is 13.7 Å². The van der Waals surface area contributed by atoms with Crippen LogP contribution < -0.4 is 19.6 Å². The van der Waals surface area contributed by atoms with E-state index in [4.69, 9.17) is 9.47 Å². The number of allylic oxidation sites excluding steroid dienone is 1. The van der Waals surface area contributed by atoms with Gasteiger partial charge < -0.3 is 14.5 Å². The Hall–Kier alpha value is -3.91. The van der Waals surface area contributed by atoms with Crippen LogP contribution in [0, 0.1) is 6.92 Å². The van der Waals surface area contributed by atoms with Crippen LogP contribution in [0.25, 0.3) is 17.0 Å². The lowest BCUT2D eigenvalue weighted by molar-refractivity contribution is -0.139. The summed E-state index contributed by atoms with van der Waals surface area (Å²) in [5.41, 5.74) is 4.28. The van der Waals surface area contributed by atoms with E-state index < -0.39 is 12.0 Å². The first-order chi connectivity index (χ1) is 16.9. The highest BCUT2D eigenvalue weighted by Crippen LogP contribution is 2.35. The van der Waals surface area contributed by atoms with Crippen molar-refractivity contribution in [2.24, 2.45) is 4.99 Å². The number of H-pyrrole nitrogens is 1. The predicted molar refractivity (Wildman–Crippen MR) is 136 cm³/mol. The van der Waals surface area contributed by atoms with Crippen molar-refractivity contribution in [1.82, 2.24) is 9.55 Å². The molecule has 0 saturated heterocycles. The number of aromatic amines is 1. The number of carbonyl (C=O) groups excluding carboxylic acids is 1. The number of methoxy groups -OCH3 is 1. The standard InChI is InChI=1S/C27H25N3O4S/c1-5-34-26(32)23-16(3)29-27-30(24(23)18-11-7-9-13-21(18)33-4)25(31)22(35-27)14-19-15(2)28-20-12-8-6-10-17(19)20/h6-14,24,28H,5H2,1-4H3/b22-14-/t24-/m1/s1. The lowest BCUT2D eigenvalue weighted by atomic mass is 9.95. The molecule has 1 aliphatic rings. The third kappa shape index (κ3) is 3.80. The minimum atomic E-state index is -0.715. The van der Waals surface area contributed by atoms with E-state index in [0.717, 1.165) is 22.2 Å². The topological polar surface area (TPSA) is 85.7 Å². The largest absolute Gasteiger partial charge is 0.496 e. The van der Waals surface area contributed by atoms with E-state index in [9.17, 15) is 9.59 Å². The zero-order valence-corrected chi connectivity index (χ0v) is 20.7. The van der Waals surface area contributed by atoms with Crippen molar-refractivity contribution in [1.29, 1.82) is 0 Å². The molecule has 35 heavy (non-hydrogen) atoms. The maximum Gasteiger partial charge on any atom is 0.338 e. The summed E-state index contributed by atoms with van der Waals surface area (Å²) in [7, 11) is 1.57. The van der Waals surface area contributed by atoms with Gasteiger partial charge in [0.2, 0.25) is 0 Å². The van der Waals surface area contributed by atoms with Crippen molar-refractivity contribution in [3.63, 3.8) is 0 Å². The van der Waals surface area contributed by atoms with Gasteiger partial charge in [0.05, 0.1) is 29.5 Å². The highest BCUT2D eigenvalue weighted by molar-refractivity contribution is 7.07. The van der Waals surface area contributed by atoms with Crippen molar-refractivity contribution >= 4 is 34.3 Å². The highest BCUT2D eigenvalue weighted by atomic mass is 32.1. The van der Waals surface area contributed by atoms with E-state index in [2.05, 4.69) is 9.98 Å². The summed E-state index contributed by atoms with van der Waals surface area (Å²) in [6.07, 6.45) is 1.90. The Kier molecular flexibility index (Phi) is 5.90. The van der Waals surface area contributed by atoms with E-state index in [1.54, 1.807) is 25.5 Å². The Morgan fingerprint density at radius 2 is 1.91 bits per heavy atom. The normalized spacial score (nSPS) is 15.8. The third-order valence-electron chi connectivity index (χ3n) is 6.17. The van der Waals surface area contributed by atoms with Gasteiger partial charge in [-0.15, -0.1) is 0 Å². The van der Waals surface area contributed by atoms with Crippen molar-refractivity contribution in [3.8, 4) is 5.75 Å². The van der Waals surface area contributed by atoms with Crippen molar-refractivity contribution in [2.45, 2.75) is 26.8 Å². The van der Waals surface area contributed by atoms with Gasteiger partial charge in [-0.1, -0.05) is 47.7 Å². The predicted octanol–water partition coefficient (Wildman–Crippen LogP) is 3.60. The summed E-state index contributed by atoms with van der Waals surface area (Å²) in [5, 5.41) is 1.04. The molecule has 0 saturated carbocycles. The number of hydrogen-bond acceptors (Lipinski definition) is 6. The molecule has 0 bridgehead atoms. The molecule has 0 unspecified atom stereocenters. The number of aryl methyl sites for hydroxylation is 1. The van der Waals surface area contributed by atoms with Crippen LogP contribution in [0.4, 0.5) is 0 Å². The second kappa shape index (κ2) is 9.03. The molecular formula is C27H25N3O4S. The minimum Gasteiger partial charge on any atom is -0.496 e. The Bertz CT molecular complexity index is 1670. The molecule has 3 heterocycles. The number of esters is 1. The average molecular weight is 488 g/mol. The van der Waals surface area contributed by atoms with Gasteiger partial charge in [-0.3, -0.25) is 9.36 Å². The third-order valence-corrected chi connectivity index (χ3v) is 7.15. The molecule has 178 valence electrons. The van der Waals surface area contributed by atoms with Gasteiger partial charge in [-0.2, -0.15) is 0 Å². The summed E-state index contributed by atoms with van der Waals surface area (Å²) in [6.45, 7) is 5.74. The molecule has 1 atom stereocenters. The Morgan fingerprint density at radius 3 is 2.69 bits per heavy atom. The zero-order valence-electron chi connectivity index (χ0n) is 19.9. The van der Waals surface area contributed by atoms with Crippen LogP contribution in [-0.4, -0.2) is 29.2 Å². The molecule has 2 aromatic carbocycles. The molecular weight excluding hydrogens is 462 g/mol. The molecule has 0 spiro atoms. The van der Waals surface area contributed by atoms with E-state index in [1.165, 1.54) is 11.3 Å². The van der Waals surface area contributed by atoms with Crippen LogP contribution in [0.15, 0.2) is 69.6 Å². The first-order valence-electron chi connectivity index (χ1n) is 11.3. The van der Waals surface area contributed by atoms with E-state index in [-0.39, 0.29) is 12.2 Å². The molecule has 1 N–H and O–H groups in total. The van der Waals surface area contributed by atoms with Crippen LogP contribution in [0.3, 0.4) is 0 Å². The van der Waals surface area contributed by atoms with Crippen molar-refractivity contribution in [3.05, 3.63) is 96.3 Å². The quantitative estimate of drug-likeness (QED) is 0.436. The SMILES string of the molecule is CCOC(=O)C1=C(C)N=c2s/c(=C\c3c(C)[nH]c4ccccc34)c(=O)n2[C@@H]1c1ccccc1OC. The minimum absolute atomic E-state index is 0.219. The van der Waals surface area contributed by atoms with Gasteiger partial charge in [-0.05, 0) is 39.0 Å². The molecule has 0 aliphatic carbocycles. The van der Waals surface area contributed by atoms with Gasteiger partial charge in [-0.25, -0.2) is 9.79 Å². The molecule has 1 aliphatic heterocycles. The number of nitrogens with zero attached hydrogens (tertiary/aromatic N) is 2. The lowest BCUT2D eigenvalue weighted by Crippen LogP contribution is -2.40. The molecule has 0 amide bonds. The molecule has 7 nitrogen and oxygen atoms in total. The fourth-order valence-corrected chi connectivity index (χ4v) is 5.62. The number of ether oxygens (including phenoxy) is 2. The van der Waals surface area contributed by atoms with Gasteiger partial charge in [0.1, 0.15) is 11.8 Å². The number of hydrogen-bond donors (Lipinski definition) is 1. The van der Waals surface area contributed by atoms with Crippen LogP contribution in [-0.2, 0) is 9.53 Å². The number of aromatic nitrogens is 2. The molecule has 8 heteroatoms. The van der Waals surface area contributed by atoms with Gasteiger partial charge >= 0.3 is 5.97 Å². The Labute approximate surface area is 205 Å². The average Bonchev–Trinajstić information content (AvgIpc) is 3.34. The molecule has 5 rings (SSSR count). The fraction of sp³-hybridized carbons (Fsp3) is 0.222. The molecule has 0 fully saturated rings. The second-order valence-corrected chi connectivity index (χ2v) is 9.26. The summed E-state index contributed by atoms with van der Waals surface area (Å²) >= 11 is 1.31. The Morgan fingerprint density at radius 1 is 1.17 bits per heavy atom. The van der Waals surface area contributed by atoms with Gasteiger partial charge in [0.25, 0.3) is 5.56 Å². The summed E-state index contributed by atoms with van der Waals surface area (Å²) in [6, 6.07) is 14.7. The number of thiazole rings is 1. The molecule has 0 radical (unpaired) electrons. The number of nitrogens with one attached hydrogen (secondary N) is 1. The summed E-state index contributed by atoms with van der Waals surface area (Å²) < 4.78 is 13.1. The van der Waals surface area contributed by atoms with E-state index in [0.29, 0.717) is 31.9 Å². The maximum atomic E-state index is 13.9. The first kappa shape index (κ1) is 22.9. The van der Waals surface area contributed by atoms with Crippen LogP contribution in [0.2, 0.25) is 0 Å². The summed E-state index contributed by atoms with van der Waals surface area (Å²) in [5.74, 6) is 0.0856. The van der Waals surface area contributed by atoms with Crippen LogP contribution in [0.1, 0.15) is 36.7 Å². The zero-order chi connectivity index (χ0) is 24.7. The van der Waals surface area contributed by atoms with Crippen molar-refractivity contribution < 1.29 is 14.3 Å².